The Morgan fingerprint density at radius 1 is 1.43 bits per heavy atom. The van der Waals surface area contributed by atoms with Crippen molar-refractivity contribution in [3.63, 3.8) is 0 Å². The summed E-state index contributed by atoms with van der Waals surface area (Å²) in [5, 5.41) is 3.56. The van der Waals surface area contributed by atoms with Gasteiger partial charge < -0.3 is 5.32 Å². The Morgan fingerprint density at radius 2 is 2.21 bits per heavy atom. The van der Waals surface area contributed by atoms with Crippen LogP contribution in [0.2, 0.25) is 0 Å². The number of hydrogen-bond acceptors (Lipinski definition) is 2. The van der Waals surface area contributed by atoms with Crippen LogP contribution < -0.4 is 5.32 Å². The fourth-order valence-electron chi connectivity index (χ4n) is 2.07. The summed E-state index contributed by atoms with van der Waals surface area (Å²) >= 11 is 0. The standard InChI is InChI=1S/C12H18N2/c1-10-6-7-13-12(8-10)9-14-11-4-2-3-5-11/h6-8,11,14H,2-5,9H2,1H3. The number of aromatic nitrogens is 1. The maximum absolute atomic E-state index is 4.34. The molecule has 1 aromatic rings. The number of rotatable bonds is 3. The number of hydrogen-bond donors (Lipinski definition) is 1. The van der Waals surface area contributed by atoms with Crippen LogP contribution >= 0.6 is 0 Å². The van der Waals surface area contributed by atoms with Gasteiger partial charge in [0.2, 0.25) is 0 Å². The van der Waals surface area contributed by atoms with Crippen molar-refractivity contribution < 1.29 is 0 Å². The van der Waals surface area contributed by atoms with E-state index in [4.69, 9.17) is 0 Å². The van der Waals surface area contributed by atoms with E-state index in [1.165, 1.54) is 31.2 Å². The van der Waals surface area contributed by atoms with Crippen molar-refractivity contribution in [2.45, 2.75) is 45.2 Å². The molecule has 0 aliphatic heterocycles. The molecule has 1 aromatic heterocycles. The minimum Gasteiger partial charge on any atom is -0.308 e. The largest absolute Gasteiger partial charge is 0.308 e. The van der Waals surface area contributed by atoms with Crippen molar-refractivity contribution in [3.8, 4) is 0 Å². The van der Waals surface area contributed by atoms with Crippen molar-refractivity contribution in [3.05, 3.63) is 29.6 Å². The predicted octanol–water partition coefficient (Wildman–Crippen LogP) is 2.42. The van der Waals surface area contributed by atoms with Gasteiger partial charge in [-0.3, -0.25) is 4.98 Å². The van der Waals surface area contributed by atoms with Crippen molar-refractivity contribution in [1.82, 2.24) is 10.3 Å². The molecule has 1 heterocycles. The summed E-state index contributed by atoms with van der Waals surface area (Å²) in [7, 11) is 0. The normalized spacial score (nSPS) is 17.5. The predicted molar refractivity (Wildman–Crippen MR) is 58.1 cm³/mol. The molecule has 76 valence electrons. The SMILES string of the molecule is Cc1ccnc(CNC2CCCC2)c1. The fourth-order valence-corrected chi connectivity index (χ4v) is 2.07. The van der Waals surface area contributed by atoms with E-state index in [9.17, 15) is 0 Å². The summed E-state index contributed by atoms with van der Waals surface area (Å²) in [6.45, 7) is 3.03. The second-order valence-electron chi connectivity index (χ2n) is 4.19. The first kappa shape index (κ1) is 9.66. The van der Waals surface area contributed by atoms with Gasteiger partial charge in [-0.05, 0) is 37.5 Å². The lowest BCUT2D eigenvalue weighted by atomic mass is 10.2. The van der Waals surface area contributed by atoms with E-state index in [0.29, 0.717) is 0 Å². The highest BCUT2D eigenvalue weighted by molar-refractivity contribution is 5.14. The highest BCUT2D eigenvalue weighted by Gasteiger charge is 2.13. The molecule has 1 fully saturated rings. The number of pyridine rings is 1. The number of nitrogens with zero attached hydrogens (tertiary/aromatic N) is 1. The minimum atomic E-state index is 0.734. The first-order chi connectivity index (χ1) is 6.84. The van der Waals surface area contributed by atoms with E-state index in [1.807, 2.05) is 12.3 Å². The van der Waals surface area contributed by atoms with Gasteiger partial charge in [-0.25, -0.2) is 0 Å². The van der Waals surface area contributed by atoms with E-state index >= 15 is 0 Å². The van der Waals surface area contributed by atoms with Crippen LogP contribution in [0.15, 0.2) is 18.3 Å². The zero-order valence-corrected chi connectivity index (χ0v) is 8.79. The molecule has 2 rings (SSSR count). The molecule has 0 radical (unpaired) electrons. The molecule has 14 heavy (non-hydrogen) atoms. The Hall–Kier alpha value is -0.890. The summed E-state index contributed by atoms with van der Waals surface area (Å²) in [6, 6.07) is 4.93. The first-order valence-electron chi connectivity index (χ1n) is 5.49. The number of aryl methyl sites for hydroxylation is 1. The van der Waals surface area contributed by atoms with E-state index in [1.54, 1.807) is 0 Å². The van der Waals surface area contributed by atoms with Gasteiger partial charge in [0.15, 0.2) is 0 Å². The maximum Gasteiger partial charge on any atom is 0.0544 e. The van der Waals surface area contributed by atoms with Crippen LogP contribution in [0.4, 0.5) is 0 Å². The van der Waals surface area contributed by atoms with E-state index < -0.39 is 0 Å². The average Bonchev–Trinajstić information content (AvgIpc) is 2.67. The minimum absolute atomic E-state index is 0.734. The van der Waals surface area contributed by atoms with Crippen molar-refractivity contribution >= 4 is 0 Å². The molecule has 0 saturated heterocycles. The summed E-state index contributed by atoms with van der Waals surface area (Å²) in [6.07, 6.45) is 7.34. The molecule has 0 amide bonds. The summed E-state index contributed by atoms with van der Waals surface area (Å²) in [4.78, 5) is 4.34. The van der Waals surface area contributed by atoms with Gasteiger partial charge >= 0.3 is 0 Å². The van der Waals surface area contributed by atoms with Crippen LogP contribution in [0.1, 0.15) is 36.9 Å². The molecule has 0 unspecified atom stereocenters. The average molecular weight is 190 g/mol. The lowest BCUT2D eigenvalue weighted by Crippen LogP contribution is -2.25. The van der Waals surface area contributed by atoms with Crippen LogP contribution in [0.3, 0.4) is 0 Å². The Balaban J connectivity index is 1.85. The summed E-state index contributed by atoms with van der Waals surface area (Å²) in [5.74, 6) is 0. The van der Waals surface area contributed by atoms with Gasteiger partial charge in [0, 0.05) is 18.8 Å². The van der Waals surface area contributed by atoms with Gasteiger partial charge in [0.25, 0.3) is 0 Å². The van der Waals surface area contributed by atoms with E-state index in [0.717, 1.165) is 18.3 Å². The Morgan fingerprint density at radius 3 is 2.93 bits per heavy atom. The Bertz CT molecular complexity index is 290. The van der Waals surface area contributed by atoms with Crippen LogP contribution in [0, 0.1) is 6.92 Å². The second kappa shape index (κ2) is 4.56. The van der Waals surface area contributed by atoms with Gasteiger partial charge in [-0.1, -0.05) is 12.8 Å². The van der Waals surface area contributed by atoms with Crippen molar-refractivity contribution in [1.29, 1.82) is 0 Å². The Labute approximate surface area is 85.7 Å². The quantitative estimate of drug-likeness (QED) is 0.791. The summed E-state index contributed by atoms with van der Waals surface area (Å²) in [5.41, 5.74) is 2.46. The third-order valence-corrected chi connectivity index (χ3v) is 2.90. The summed E-state index contributed by atoms with van der Waals surface area (Å²) < 4.78 is 0. The molecule has 1 aliphatic rings. The first-order valence-corrected chi connectivity index (χ1v) is 5.49. The smallest absolute Gasteiger partial charge is 0.0544 e. The molecule has 0 atom stereocenters. The van der Waals surface area contributed by atoms with Gasteiger partial charge in [0.1, 0.15) is 0 Å². The molecule has 1 N–H and O–H groups in total. The monoisotopic (exact) mass is 190 g/mol. The van der Waals surface area contributed by atoms with Crippen LogP contribution in [-0.2, 0) is 6.54 Å². The molecular weight excluding hydrogens is 172 g/mol. The molecule has 0 aromatic carbocycles. The lowest BCUT2D eigenvalue weighted by molar-refractivity contribution is 0.519. The van der Waals surface area contributed by atoms with Gasteiger partial charge in [0.05, 0.1) is 5.69 Å². The van der Waals surface area contributed by atoms with E-state index in [2.05, 4.69) is 23.3 Å². The molecule has 0 spiro atoms. The topological polar surface area (TPSA) is 24.9 Å². The van der Waals surface area contributed by atoms with Gasteiger partial charge in [-0.2, -0.15) is 0 Å². The lowest BCUT2D eigenvalue weighted by Gasteiger charge is -2.11. The zero-order valence-electron chi connectivity index (χ0n) is 8.79. The Kier molecular flexibility index (Phi) is 3.14. The maximum atomic E-state index is 4.34. The third kappa shape index (κ3) is 2.55. The number of nitrogens with one attached hydrogen (secondary N) is 1. The zero-order chi connectivity index (χ0) is 9.80. The molecule has 1 aliphatic carbocycles. The third-order valence-electron chi connectivity index (χ3n) is 2.90. The molecule has 2 nitrogen and oxygen atoms in total. The van der Waals surface area contributed by atoms with Crippen LogP contribution in [0.25, 0.3) is 0 Å². The fraction of sp³-hybridized carbons (Fsp3) is 0.583. The molecule has 2 heteroatoms. The van der Waals surface area contributed by atoms with Gasteiger partial charge in [-0.15, -0.1) is 0 Å². The van der Waals surface area contributed by atoms with Crippen LogP contribution in [0.5, 0.6) is 0 Å². The van der Waals surface area contributed by atoms with E-state index in [-0.39, 0.29) is 0 Å². The second-order valence-corrected chi connectivity index (χ2v) is 4.19. The van der Waals surface area contributed by atoms with Crippen molar-refractivity contribution in [2.24, 2.45) is 0 Å². The van der Waals surface area contributed by atoms with Crippen molar-refractivity contribution in [2.75, 3.05) is 0 Å². The molecule has 0 bridgehead atoms. The molecule has 1 saturated carbocycles. The molecular formula is C12H18N2. The highest BCUT2D eigenvalue weighted by Crippen LogP contribution is 2.17. The highest BCUT2D eigenvalue weighted by atomic mass is 14.9. The van der Waals surface area contributed by atoms with Crippen LogP contribution in [-0.4, -0.2) is 11.0 Å².